The maximum atomic E-state index is 12.8. The van der Waals surface area contributed by atoms with Crippen LogP contribution in [0, 0.1) is 3.57 Å². The number of carbonyl (C=O) groups excluding carboxylic acids is 1. The minimum absolute atomic E-state index is 0.175. The molecule has 1 unspecified atom stereocenters. The molecule has 1 atom stereocenters. The average Bonchev–Trinajstić information content (AvgIpc) is 2.61. The fourth-order valence-electron chi connectivity index (χ4n) is 1.61. The zero-order chi connectivity index (χ0) is 12.6. The molecule has 0 radical (unpaired) electrons. The molecule has 2 heterocycles. The van der Waals surface area contributed by atoms with Gasteiger partial charge in [-0.2, -0.15) is 8.42 Å². The van der Waals surface area contributed by atoms with Crippen LogP contribution >= 0.6 is 22.6 Å². The van der Waals surface area contributed by atoms with Crippen molar-refractivity contribution >= 4 is 44.5 Å². The molecule has 2 rings (SSSR count). The van der Waals surface area contributed by atoms with Gasteiger partial charge in [0.25, 0.3) is 0 Å². The Morgan fingerprint density at radius 3 is 2.65 bits per heavy atom. The van der Waals surface area contributed by atoms with Crippen LogP contribution in [-0.4, -0.2) is 31.1 Å². The van der Waals surface area contributed by atoms with E-state index in [0.717, 1.165) is 3.57 Å². The third-order valence-electron chi connectivity index (χ3n) is 2.48. The summed E-state index contributed by atoms with van der Waals surface area (Å²) in [4.78, 5) is 16.8. The van der Waals surface area contributed by atoms with E-state index in [1.807, 2.05) is 0 Å². The first kappa shape index (κ1) is 12.7. The van der Waals surface area contributed by atoms with Gasteiger partial charge in [-0.3, -0.25) is 9.69 Å². The van der Waals surface area contributed by atoms with Crippen molar-refractivity contribution in [2.45, 2.75) is 11.7 Å². The molecule has 1 fully saturated rings. The minimum Gasteiger partial charge on any atom is -0.295 e. The smallest absolute Gasteiger partial charge is 0.295 e. The fourth-order valence-corrected chi connectivity index (χ4v) is 2.60. The van der Waals surface area contributed by atoms with Crippen molar-refractivity contribution in [2.24, 2.45) is 0 Å². The number of nitrogens with zero attached hydrogens (tertiary/aromatic N) is 2. The first-order chi connectivity index (χ1) is 7.88. The molecule has 1 aliphatic rings. The van der Waals surface area contributed by atoms with Crippen LogP contribution in [-0.2, 0) is 15.0 Å². The lowest BCUT2D eigenvalue weighted by Gasteiger charge is -2.14. The number of halogens is 2. The van der Waals surface area contributed by atoms with E-state index in [-0.39, 0.29) is 13.0 Å². The molecular weight excluding hydrogens is 362 g/mol. The molecule has 1 aromatic rings. The van der Waals surface area contributed by atoms with E-state index in [4.69, 9.17) is 0 Å². The van der Waals surface area contributed by atoms with Crippen LogP contribution in [0.2, 0.25) is 0 Å². The molecule has 1 aliphatic heterocycles. The summed E-state index contributed by atoms with van der Waals surface area (Å²) >= 11 is 2.06. The van der Waals surface area contributed by atoms with E-state index in [2.05, 4.69) is 27.6 Å². The molecule has 17 heavy (non-hydrogen) atoms. The Bertz CT molecular complexity index is 546. The zero-order valence-electron chi connectivity index (χ0n) is 8.51. The van der Waals surface area contributed by atoms with Crippen molar-refractivity contribution in [1.29, 1.82) is 0 Å². The first-order valence-electron chi connectivity index (χ1n) is 4.73. The Balaban J connectivity index is 2.24. The van der Waals surface area contributed by atoms with Crippen LogP contribution in [0.25, 0.3) is 0 Å². The summed E-state index contributed by atoms with van der Waals surface area (Å²) in [5, 5.41) is -1.28. The van der Waals surface area contributed by atoms with Crippen LogP contribution < -0.4 is 4.90 Å². The van der Waals surface area contributed by atoms with E-state index >= 15 is 0 Å². The first-order valence-corrected chi connectivity index (χ1v) is 7.26. The lowest BCUT2D eigenvalue weighted by Crippen LogP contribution is -2.27. The summed E-state index contributed by atoms with van der Waals surface area (Å²) in [6.07, 6.45) is 1.23. The number of amides is 1. The SMILES string of the molecule is O=C1CC(S(=O)(=O)F)CN1c1ccc(I)cn1. The summed E-state index contributed by atoms with van der Waals surface area (Å²) in [5.41, 5.74) is 0. The van der Waals surface area contributed by atoms with Crippen LogP contribution in [0.1, 0.15) is 6.42 Å². The highest BCUT2D eigenvalue weighted by molar-refractivity contribution is 14.1. The molecule has 1 aromatic heterocycles. The largest absolute Gasteiger partial charge is 0.307 e. The molecule has 1 saturated heterocycles. The Kier molecular flexibility index (Phi) is 3.34. The lowest BCUT2D eigenvalue weighted by molar-refractivity contribution is -0.117. The number of carbonyl (C=O) groups is 1. The third-order valence-corrected chi connectivity index (χ3v) is 4.23. The highest BCUT2D eigenvalue weighted by atomic mass is 127. The normalized spacial score (nSPS) is 20.9. The van der Waals surface area contributed by atoms with E-state index in [1.54, 1.807) is 18.3 Å². The molecule has 8 heteroatoms. The van der Waals surface area contributed by atoms with Crippen LogP contribution in [0.4, 0.5) is 9.70 Å². The fraction of sp³-hybridized carbons (Fsp3) is 0.333. The monoisotopic (exact) mass is 370 g/mol. The van der Waals surface area contributed by atoms with Crippen molar-refractivity contribution in [3.05, 3.63) is 21.9 Å². The number of rotatable bonds is 2. The number of anilines is 1. The van der Waals surface area contributed by atoms with Crippen molar-refractivity contribution in [3.63, 3.8) is 0 Å². The Morgan fingerprint density at radius 1 is 1.47 bits per heavy atom. The summed E-state index contributed by atoms with van der Waals surface area (Å²) in [6.45, 7) is -0.175. The van der Waals surface area contributed by atoms with Gasteiger partial charge >= 0.3 is 10.2 Å². The minimum atomic E-state index is -4.68. The standard InChI is InChI=1S/C9H8FIN2O3S/c10-17(15,16)7-3-9(14)13(5-7)8-2-1-6(11)4-12-8/h1-2,4,7H,3,5H2. The summed E-state index contributed by atoms with van der Waals surface area (Å²) in [6, 6.07) is 3.35. The van der Waals surface area contributed by atoms with Crippen LogP contribution in [0.3, 0.4) is 0 Å². The topological polar surface area (TPSA) is 67.3 Å². The molecular formula is C9H8FIN2O3S. The van der Waals surface area contributed by atoms with E-state index < -0.39 is 21.4 Å². The van der Waals surface area contributed by atoms with Crippen molar-refractivity contribution in [1.82, 2.24) is 4.98 Å². The highest BCUT2D eigenvalue weighted by Crippen LogP contribution is 2.24. The Morgan fingerprint density at radius 2 is 2.18 bits per heavy atom. The van der Waals surface area contributed by atoms with Gasteiger partial charge in [-0.1, -0.05) is 0 Å². The van der Waals surface area contributed by atoms with Gasteiger partial charge in [0.2, 0.25) is 5.91 Å². The van der Waals surface area contributed by atoms with Crippen LogP contribution in [0.5, 0.6) is 0 Å². The summed E-state index contributed by atoms with van der Waals surface area (Å²) in [7, 11) is -4.68. The number of aromatic nitrogens is 1. The quantitative estimate of drug-likeness (QED) is 0.578. The molecule has 0 N–H and O–H groups in total. The van der Waals surface area contributed by atoms with Gasteiger partial charge in [0.1, 0.15) is 11.1 Å². The lowest BCUT2D eigenvalue weighted by atomic mass is 10.4. The number of hydrogen-bond donors (Lipinski definition) is 0. The number of hydrogen-bond acceptors (Lipinski definition) is 4. The molecule has 92 valence electrons. The maximum Gasteiger partial charge on any atom is 0.307 e. The van der Waals surface area contributed by atoms with E-state index in [9.17, 15) is 17.1 Å². The molecule has 0 saturated carbocycles. The molecule has 0 aliphatic carbocycles. The van der Waals surface area contributed by atoms with Gasteiger partial charge in [0.05, 0.1) is 0 Å². The second kappa shape index (κ2) is 4.48. The predicted molar refractivity (Wildman–Crippen MR) is 67.7 cm³/mol. The third kappa shape index (κ3) is 2.73. The predicted octanol–water partition coefficient (Wildman–Crippen LogP) is 1.09. The molecule has 5 nitrogen and oxygen atoms in total. The number of pyridine rings is 1. The Labute approximate surface area is 111 Å². The van der Waals surface area contributed by atoms with Gasteiger partial charge in [-0.25, -0.2) is 4.98 Å². The van der Waals surface area contributed by atoms with Gasteiger partial charge in [0.15, 0.2) is 0 Å². The van der Waals surface area contributed by atoms with Gasteiger partial charge in [0, 0.05) is 22.7 Å². The van der Waals surface area contributed by atoms with E-state index in [0.29, 0.717) is 5.82 Å². The molecule has 0 aromatic carbocycles. The van der Waals surface area contributed by atoms with E-state index in [1.165, 1.54) is 4.90 Å². The Hall–Kier alpha value is -0.770. The summed E-state index contributed by atoms with van der Waals surface area (Å²) < 4.78 is 35.2. The van der Waals surface area contributed by atoms with Crippen molar-refractivity contribution in [3.8, 4) is 0 Å². The molecule has 0 bridgehead atoms. The zero-order valence-corrected chi connectivity index (χ0v) is 11.5. The second-order valence-corrected chi connectivity index (χ2v) is 6.50. The van der Waals surface area contributed by atoms with Gasteiger partial charge < -0.3 is 0 Å². The van der Waals surface area contributed by atoms with Gasteiger partial charge in [-0.15, -0.1) is 3.89 Å². The average molecular weight is 370 g/mol. The highest BCUT2D eigenvalue weighted by Gasteiger charge is 2.39. The summed E-state index contributed by atoms with van der Waals surface area (Å²) in [5.74, 6) is -0.0773. The van der Waals surface area contributed by atoms with Crippen LogP contribution in [0.15, 0.2) is 18.3 Å². The second-order valence-electron chi connectivity index (χ2n) is 3.64. The maximum absolute atomic E-state index is 12.8. The van der Waals surface area contributed by atoms with Crippen molar-refractivity contribution < 1.29 is 17.1 Å². The van der Waals surface area contributed by atoms with Crippen molar-refractivity contribution in [2.75, 3.05) is 11.4 Å². The van der Waals surface area contributed by atoms with Gasteiger partial charge in [-0.05, 0) is 34.7 Å². The molecule has 0 spiro atoms. The molecule has 1 amide bonds.